The summed E-state index contributed by atoms with van der Waals surface area (Å²) in [6, 6.07) is 9.10. The lowest BCUT2D eigenvalue weighted by molar-refractivity contribution is -0.149. The molecule has 38 heavy (non-hydrogen) atoms. The average molecular weight is 585 g/mol. The van der Waals surface area contributed by atoms with E-state index in [-0.39, 0.29) is 18.3 Å². The third-order valence-electron chi connectivity index (χ3n) is 5.47. The van der Waals surface area contributed by atoms with Crippen molar-refractivity contribution in [3.8, 4) is 11.5 Å². The van der Waals surface area contributed by atoms with E-state index in [4.69, 9.17) is 19.2 Å². The zero-order valence-corrected chi connectivity index (χ0v) is 23.9. The Labute approximate surface area is 231 Å². The number of rotatable bonds is 13. The Morgan fingerprint density at radius 1 is 1.21 bits per heavy atom. The Balaban J connectivity index is 2.05. The monoisotopic (exact) mass is 583 g/mol. The van der Waals surface area contributed by atoms with Gasteiger partial charge < -0.3 is 14.2 Å². The number of carbonyl (C=O) groups excluding carboxylic acids is 1. The van der Waals surface area contributed by atoms with Crippen LogP contribution in [0.2, 0.25) is 0 Å². The maximum atomic E-state index is 13.4. The number of aryl methyl sites for hydroxylation is 1. The summed E-state index contributed by atoms with van der Waals surface area (Å²) in [5.74, 6) is 1.04. The molecule has 0 amide bonds. The van der Waals surface area contributed by atoms with Crippen molar-refractivity contribution in [2.24, 2.45) is 5.10 Å². The quantitative estimate of drug-likeness (QED) is 0.142. The van der Waals surface area contributed by atoms with E-state index in [0.29, 0.717) is 53.2 Å². The van der Waals surface area contributed by atoms with Crippen molar-refractivity contribution in [1.29, 1.82) is 0 Å². The van der Waals surface area contributed by atoms with Crippen LogP contribution < -0.4 is 15.0 Å². The molecule has 3 rings (SSSR count). The van der Waals surface area contributed by atoms with Crippen LogP contribution >= 0.6 is 15.9 Å². The minimum atomic E-state index is -0.466. The first-order valence-electron chi connectivity index (χ1n) is 12.8. The fourth-order valence-electron chi connectivity index (χ4n) is 3.85. The lowest BCUT2D eigenvalue weighted by Crippen LogP contribution is -2.22. The Bertz CT molecular complexity index is 1380. The largest absolute Gasteiger partial charge is 0.490 e. The summed E-state index contributed by atoms with van der Waals surface area (Å²) in [5, 5.41) is 5.04. The van der Waals surface area contributed by atoms with Crippen molar-refractivity contribution in [2.75, 3.05) is 13.2 Å². The third-order valence-corrected chi connectivity index (χ3v) is 5.96. The van der Waals surface area contributed by atoms with E-state index >= 15 is 0 Å². The SMILES string of the molecule is C=CCc1cc(C=Nn2c(CCCC)nc3ccc(Br)cc3c2=O)cc(OCC)c1OCC(=O)OC(C)C. The third kappa shape index (κ3) is 7.54. The predicted octanol–water partition coefficient (Wildman–Crippen LogP) is 5.84. The maximum Gasteiger partial charge on any atom is 0.344 e. The van der Waals surface area contributed by atoms with Crippen LogP contribution in [0.1, 0.15) is 57.5 Å². The number of nitrogens with zero attached hydrogens (tertiary/aromatic N) is 3. The van der Waals surface area contributed by atoms with Crippen LogP contribution in [0.5, 0.6) is 11.5 Å². The highest BCUT2D eigenvalue weighted by Gasteiger charge is 2.16. The molecule has 0 spiro atoms. The number of ether oxygens (including phenoxy) is 3. The Hall–Kier alpha value is -3.46. The van der Waals surface area contributed by atoms with Crippen molar-refractivity contribution in [3.05, 3.63) is 74.8 Å². The van der Waals surface area contributed by atoms with Crippen molar-refractivity contribution in [2.45, 2.75) is 59.5 Å². The average Bonchev–Trinajstić information content (AvgIpc) is 2.87. The van der Waals surface area contributed by atoms with E-state index in [1.54, 1.807) is 38.3 Å². The van der Waals surface area contributed by atoms with E-state index in [0.717, 1.165) is 22.9 Å². The second-order valence-electron chi connectivity index (χ2n) is 8.91. The number of carbonyl (C=O) groups is 1. The smallest absolute Gasteiger partial charge is 0.344 e. The van der Waals surface area contributed by atoms with Crippen LogP contribution in [0.3, 0.4) is 0 Å². The minimum Gasteiger partial charge on any atom is -0.490 e. The molecule has 0 saturated heterocycles. The first-order valence-corrected chi connectivity index (χ1v) is 13.5. The van der Waals surface area contributed by atoms with Crippen LogP contribution in [-0.4, -0.2) is 41.2 Å². The van der Waals surface area contributed by atoms with Gasteiger partial charge in [0.1, 0.15) is 5.82 Å². The van der Waals surface area contributed by atoms with Gasteiger partial charge in [-0.1, -0.05) is 35.4 Å². The second kappa shape index (κ2) is 13.9. The van der Waals surface area contributed by atoms with Gasteiger partial charge in [0.15, 0.2) is 18.1 Å². The summed E-state index contributed by atoms with van der Waals surface area (Å²) in [6.45, 7) is 11.5. The van der Waals surface area contributed by atoms with Gasteiger partial charge in [0.2, 0.25) is 0 Å². The summed E-state index contributed by atoms with van der Waals surface area (Å²) in [7, 11) is 0. The van der Waals surface area contributed by atoms with E-state index in [2.05, 4.69) is 34.5 Å². The van der Waals surface area contributed by atoms with Gasteiger partial charge in [-0.25, -0.2) is 9.78 Å². The van der Waals surface area contributed by atoms with Crippen molar-refractivity contribution < 1.29 is 19.0 Å². The molecule has 8 nitrogen and oxygen atoms in total. The van der Waals surface area contributed by atoms with Gasteiger partial charge in [0, 0.05) is 16.5 Å². The number of unbranched alkanes of at least 4 members (excludes halogenated alkanes) is 1. The summed E-state index contributed by atoms with van der Waals surface area (Å²) in [4.78, 5) is 30.2. The molecule has 0 aliphatic rings. The first-order chi connectivity index (χ1) is 18.3. The van der Waals surface area contributed by atoms with E-state index < -0.39 is 5.97 Å². The Morgan fingerprint density at radius 2 is 2.00 bits per heavy atom. The Kier molecular flexibility index (Phi) is 10.6. The van der Waals surface area contributed by atoms with Crippen LogP contribution in [0.15, 0.2) is 57.4 Å². The highest BCUT2D eigenvalue weighted by molar-refractivity contribution is 9.10. The number of aromatic nitrogens is 2. The molecule has 0 bridgehead atoms. The lowest BCUT2D eigenvalue weighted by Gasteiger charge is -2.17. The van der Waals surface area contributed by atoms with Crippen LogP contribution in [0, 0.1) is 0 Å². The lowest BCUT2D eigenvalue weighted by atomic mass is 10.1. The fourth-order valence-corrected chi connectivity index (χ4v) is 4.22. The molecule has 0 unspecified atom stereocenters. The van der Waals surface area contributed by atoms with E-state index in [9.17, 15) is 9.59 Å². The molecule has 3 aromatic rings. The molecule has 0 fully saturated rings. The number of hydrogen-bond donors (Lipinski definition) is 0. The number of benzene rings is 2. The molecule has 0 atom stereocenters. The number of hydrogen-bond acceptors (Lipinski definition) is 7. The zero-order chi connectivity index (χ0) is 27.7. The number of esters is 1. The normalized spacial score (nSPS) is 11.3. The molecular formula is C29H34BrN3O5. The van der Waals surface area contributed by atoms with Gasteiger partial charge in [-0.3, -0.25) is 4.79 Å². The van der Waals surface area contributed by atoms with Gasteiger partial charge in [-0.05, 0) is 69.5 Å². The second-order valence-corrected chi connectivity index (χ2v) is 9.83. The van der Waals surface area contributed by atoms with Crippen LogP contribution in [0.25, 0.3) is 10.9 Å². The zero-order valence-electron chi connectivity index (χ0n) is 22.3. The molecule has 0 radical (unpaired) electrons. The molecule has 0 aliphatic heterocycles. The fraction of sp³-hybridized carbons (Fsp3) is 0.379. The molecule has 2 aromatic carbocycles. The molecule has 9 heteroatoms. The summed E-state index contributed by atoms with van der Waals surface area (Å²) in [5.41, 5.74) is 1.87. The van der Waals surface area contributed by atoms with Crippen molar-refractivity contribution >= 4 is 39.0 Å². The molecule has 0 saturated carbocycles. The molecule has 202 valence electrons. The summed E-state index contributed by atoms with van der Waals surface area (Å²) in [6.07, 6.45) is 6.06. The van der Waals surface area contributed by atoms with Crippen molar-refractivity contribution in [3.63, 3.8) is 0 Å². The number of fused-ring (bicyclic) bond motifs is 1. The molecule has 1 aromatic heterocycles. The topological polar surface area (TPSA) is 92.0 Å². The van der Waals surface area contributed by atoms with Crippen LogP contribution in [0.4, 0.5) is 0 Å². The standard InChI is InChI=1S/C29H34BrN3O5/c1-6-9-11-26-32-24-13-12-22(30)16-23(24)29(35)33(26)31-17-20-14-21(10-7-2)28(25(15-20)36-8-3)37-18-27(34)38-19(4)5/h7,12-17,19H,2,6,8-11,18H2,1,3-5H3. The maximum absolute atomic E-state index is 13.4. The molecule has 0 aliphatic carbocycles. The minimum absolute atomic E-state index is 0.236. The van der Waals surface area contributed by atoms with E-state index in [1.807, 2.05) is 25.1 Å². The first kappa shape index (κ1) is 29.1. The van der Waals surface area contributed by atoms with Gasteiger partial charge in [-0.15, -0.1) is 6.58 Å². The summed E-state index contributed by atoms with van der Waals surface area (Å²) >= 11 is 3.44. The predicted molar refractivity (Wildman–Crippen MR) is 154 cm³/mol. The molecule has 0 N–H and O–H groups in total. The van der Waals surface area contributed by atoms with Gasteiger partial charge in [-0.2, -0.15) is 9.78 Å². The highest BCUT2D eigenvalue weighted by Crippen LogP contribution is 2.33. The Morgan fingerprint density at radius 3 is 2.68 bits per heavy atom. The van der Waals surface area contributed by atoms with Gasteiger partial charge in [0.25, 0.3) is 5.56 Å². The molecule has 1 heterocycles. The highest BCUT2D eigenvalue weighted by atomic mass is 79.9. The summed E-state index contributed by atoms with van der Waals surface area (Å²) < 4.78 is 19.0. The number of allylic oxidation sites excluding steroid dienone is 1. The van der Waals surface area contributed by atoms with Crippen LogP contribution in [-0.2, 0) is 22.4 Å². The van der Waals surface area contributed by atoms with Gasteiger partial charge in [0.05, 0.1) is 29.8 Å². The van der Waals surface area contributed by atoms with E-state index in [1.165, 1.54) is 4.68 Å². The van der Waals surface area contributed by atoms with Crippen molar-refractivity contribution in [1.82, 2.24) is 9.66 Å². The van der Waals surface area contributed by atoms with Gasteiger partial charge >= 0.3 is 5.97 Å². The molecular weight excluding hydrogens is 550 g/mol. The number of halogens is 1.